The van der Waals surface area contributed by atoms with Crippen molar-refractivity contribution in [2.45, 2.75) is 45.3 Å². The molecule has 3 N–H and O–H groups in total. The van der Waals surface area contributed by atoms with Crippen molar-refractivity contribution in [3.8, 4) is 22.7 Å². The molecule has 0 saturated carbocycles. The van der Waals surface area contributed by atoms with Gasteiger partial charge in [0.15, 0.2) is 5.78 Å². The van der Waals surface area contributed by atoms with Gasteiger partial charge in [-0.15, -0.1) is 0 Å². The van der Waals surface area contributed by atoms with Crippen LogP contribution in [0.1, 0.15) is 75.0 Å². The van der Waals surface area contributed by atoms with E-state index in [0.717, 1.165) is 0 Å². The summed E-state index contributed by atoms with van der Waals surface area (Å²) in [6.07, 6.45) is 0.447. The van der Waals surface area contributed by atoms with Gasteiger partial charge >= 0.3 is 0 Å². The number of ether oxygens (including phenoxy) is 1. The Labute approximate surface area is 190 Å². The first-order chi connectivity index (χ1) is 15.1. The molecule has 2 aromatic rings. The summed E-state index contributed by atoms with van der Waals surface area (Å²) in [5.41, 5.74) is -1.20. The number of pyridine rings is 1. The zero-order valence-corrected chi connectivity index (χ0v) is 18.8. The summed E-state index contributed by atoms with van der Waals surface area (Å²) < 4.78 is 5.96. The lowest BCUT2D eigenvalue weighted by atomic mass is 9.74. The fourth-order valence-electron chi connectivity index (χ4n) is 4.36. The van der Waals surface area contributed by atoms with E-state index in [-0.39, 0.29) is 52.3 Å². The fraction of sp³-hybridized carbons (Fsp3) is 0.375. The van der Waals surface area contributed by atoms with Gasteiger partial charge in [0.2, 0.25) is 5.78 Å². The highest BCUT2D eigenvalue weighted by Crippen LogP contribution is 2.51. The van der Waals surface area contributed by atoms with E-state index < -0.39 is 34.8 Å². The molecule has 2 atom stereocenters. The smallest absolute Gasteiger partial charge is 0.216 e. The van der Waals surface area contributed by atoms with Crippen molar-refractivity contribution in [2.75, 3.05) is 6.61 Å². The van der Waals surface area contributed by atoms with Gasteiger partial charge in [-0.1, -0.05) is 32.4 Å². The molecule has 1 aromatic carbocycles. The number of aryl methyl sites for hydroxylation is 1. The number of ketones is 2. The van der Waals surface area contributed by atoms with Crippen LogP contribution in [0.4, 0.5) is 0 Å². The third kappa shape index (κ3) is 3.47. The molecule has 0 saturated heterocycles. The molecule has 0 bridgehead atoms. The predicted molar refractivity (Wildman–Crippen MR) is 119 cm³/mol. The molecule has 0 amide bonds. The van der Waals surface area contributed by atoms with Gasteiger partial charge in [0.05, 0.1) is 22.8 Å². The van der Waals surface area contributed by atoms with Crippen molar-refractivity contribution in [3.05, 3.63) is 51.3 Å². The van der Waals surface area contributed by atoms with Crippen molar-refractivity contribution in [1.29, 1.82) is 0 Å². The molecule has 166 valence electrons. The van der Waals surface area contributed by atoms with Crippen LogP contribution >= 0.6 is 12.6 Å². The van der Waals surface area contributed by atoms with Gasteiger partial charge in [-0.25, -0.2) is 0 Å². The standard InChI is InChI=1S/C24H23NO6S/c1-11(2)10-31-15-8-24(30,4-5-32)7-14-16(15)22(28)17-18(21(14)27)23(29)19-13(20(17)26)6-12(3)9-25-19/h6,9,11,15,27-28,30,32H,7-8,10H2,1-3H3. The number of benzene rings is 1. The lowest BCUT2D eigenvalue weighted by Crippen LogP contribution is -2.38. The summed E-state index contributed by atoms with van der Waals surface area (Å²) in [5, 5.41) is 35.7. The number of aromatic hydroxyl groups is 2. The van der Waals surface area contributed by atoms with Crippen LogP contribution in [0.3, 0.4) is 0 Å². The number of aliphatic hydroxyl groups is 1. The number of hydrogen-bond acceptors (Lipinski definition) is 8. The van der Waals surface area contributed by atoms with E-state index >= 15 is 0 Å². The maximum atomic E-state index is 13.3. The average Bonchev–Trinajstić information content (AvgIpc) is 2.72. The Morgan fingerprint density at radius 2 is 1.94 bits per heavy atom. The van der Waals surface area contributed by atoms with Gasteiger partial charge in [-0.05, 0) is 29.7 Å². The number of hydrogen-bond donors (Lipinski definition) is 4. The molecule has 7 nitrogen and oxygen atoms in total. The molecule has 0 radical (unpaired) electrons. The second-order valence-electron chi connectivity index (χ2n) is 8.77. The molecule has 0 aliphatic heterocycles. The predicted octanol–water partition coefficient (Wildman–Crippen LogP) is 2.86. The first kappa shape index (κ1) is 22.3. The summed E-state index contributed by atoms with van der Waals surface area (Å²) in [6.45, 7) is 5.94. The summed E-state index contributed by atoms with van der Waals surface area (Å²) in [5.74, 6) is 0.612. The molecule has 32 heavy (non-hydrogen) atoms. The summed E-state index contributed by atoms with van der Waals surface area (Å²) in [4.78, 5) is 30.6. The third-order valence-electron chi connectivity index (χ3n) is 5.76. The third-order valence-corrected chi connectivity index (χ3v) is 5.87. The van der Waals surface area contributed by atoms with Gasteiger partial charge in [0.25, 0.3) is 0 Å². The molecule has 0 spiro atoms. The molecular weight excluding hydrogens is 430 g/mol. The van der Waals surface area contributed by atoms with Crippen molar-refractivity contribution in [2.24, 2.45) is 5.92 Å². The van der Waals surface area contributed by atoms with Gasteiger partial charge in [0.1, 0.15) is 22.8 Å². The number of carbonyl (C=O) groups excluding carboxylic acids is 2. The Kier molecular flexibility index (Phi) is 5.53. The van der Waals surface area contributed by atoms with E-state index in [9.17, 15) is 24.9 Å². The molecule has 4 rings (SSSR count). The largest absolute Gasteiger partial charge is 0.507 e. The minimum Gasteiger partial charge on any atom is -0.507 e. The summed E-state index contributed by atoms with van der Waals surface area (Å²) in [6, 6.07) is 1.54. The van der Waals surface area contributed by atoms with Gasteiger partial charge in [-0.3, -0.25) is 14.6 Å². The van der Waals surface area contributed by atoms with Crippen LogP contribution in [0, 0.1) is 24.0 Å². The van der Waals surface area contributed by atoms with Crippen molar-refractivity contribution in [3.63, 3.8) is 0 Å². The van der Waals surface area contributed by atoms with E-state index in [1.54, 1.807) is 6.92 Å². The number of rotatable bonds is 3. The molecule has 1 aromatic heterocycles. The van der Waals surface area contributed by atoms with Crippen LogP contribution in [0.25, 0.3) is 0 Å². The first-order valence-corrected chi connectivity index (χ1v) is 10.7. The van der Waals surface area contributed by atoms with E-state index in [1.165, 1.54) is 12.3 Å². The molecule has 0 fully saturated rings. The summed E-state index contributed by atoms with van der Waals surface area (Å²) >= 11 is 3.88. The van der Waals surface area contributed by atoms with Crippen molar-refractivity contribution >= 4 is 24.2 Å². The molecule has 2 aliphatic carbocycles. The fourth-order valence-corrected chi connectivity index (χ4v) is 4.57. The van der Waals surface area contributed by atoms with E-state index in [0.29, 0.717) is 12.2 Å². The Hall–Kier alpha value is -2.86. The monoisotopic (exact) mass is 453 g/mol. The lowest BCUT2D eigenvalue weighted by molar-refractivity contribution is -0.0323. The second kappa shape index (κ2) is 7.93. The Bertz CT molecular complexity index is 1230. The molecular formula is C24H23NO6S. The SMILES string of the molecule is Cc1cnc2c(c1)C(=O)c1c(O)c3c(c(O)c1C2=O)CC(O)(C#CS)CC3OCC(C)C. The number of carbonyl (C=O) groups is 2. The lowest BCUT2D eigenvalue weighted by Gasteiger charge is -2.37. The first-order valence-electron chi connectivity index (χ1n) is 10.2. The van der Waals surface area contributed by atoms with Crippen molar-refractivity contribution in [1.82, 2.24) is 4.98 Å². The molecule has 2 aliphatic rings. The number of fused-ring (bicyclic) bond motifs is 3. The van der Waals surface area contributed by atoms with Crippen LogP contribution in [0.5, 0.6) is 11.5 Å². The molecule has 1 heterocycles. The Morgan fingerprint density at radius 3 is 2.59 bits per heavy atom. The van der Waals surface area contributed by atoms with Crippen LogP contribution in [0.15, 0.2) is 12.3 Å². The summed E-state index contributed by atoms with van der Waals surface area (Å²) in [7, 11) is 0. The highest BCUT2D eigenvalue weighted by atomic mass is 32.1. The topological polar surface area (TPSA) is 117 Å². The number of phenols is 2. The van der Waals surface area contributed by atoms with E-state index in [1.807, 2.05) is 13.8 Å². The van der Waals surface area contributed by atoms with E-state index in [2.05, 4.69) is 28.8 Å². The van der Waals surface area contributed by atoms with Crippen LogP contribution < -0.4 is 0 Å². The van der Waals surface area contributed by atoms with E-state index in [4.69, 9.17) is 4.74 Å². The van der Waals surface area contributed by atoms with Crippen LogP contribution in [-0.2, 0) is 11.2 Å². The zero-order valence-electron chi connectivity index (χ0n) is 17.9. The minimum absolute atomic E-state index is 0.00541. The molecule has 2 unspecified atom stereocenters. The highest BCUT2D eigenvalue weighted by Gasteiger charge is 2.45. The normalized spacial score (nSPS) is 21.5. The maximum Gasteiger partial charge on any atom is 0.216 e. The van der Waals surface area contributed by atoms with Crippen molar-refractivity contribution < 1.29 is 29.6 Å². The zero-order chi connectivity index (χ0) is 23.4. The Morgan fingerprint density at radius 1 is 1.25 bits per heavy atom. The van der Waals surface area contributed by atoms with Gasteiger partial charge < -0.3 is 20.1 Å². The molecule has 8 heteroatoms. The maximum absolute atomic E-state index is 13.3. The second-order valence-corrected chi connectivity index (χ2v) is 9.00. The highest BCUT2D eigenvalue weighted by molar-refractivity contribution is 7.85. The number of phenolic OH excluding ortho intramolecular Hbond substituents is 2. The average molecular weight is 454 g/mol. The quantitative estimate of drug-likeness (QED) is 0.274. The number of thiol groups is 1. The number of nitrogens with zero attached hydrogens (tertiary/aromatic N) is 1. The van der Waals surface area contributed by atoms with Crippen LogP contribution in [0.2, 0.25) is 0 Å². The Balaban J connectivity index is 1.98. The van der Waals surface area contributed by atoms with Gasteiger partial charge in [0, 0.05) is 36.8 Å². The number of aromatic nitrogens is 1. The van der Waals surface area contributed by atoms with Gasteiger partial charge in [-0.2, -0.15) is 0 Å². The minimum atomic E-state index is -1.59. The van der Waals surface area contributed by atoms with Crippen LogP contribution in [-0.4, -0.2) is 44.1 Å².